The molecule has 0 radical (unpaired) electrons. The van der Waals surface area contributed by atoms with E-state index in [2.05, 4.69) is 0 Å². The topological polar surface area (TPSA) is 46.2 Å². The zero-order valence-electron chi connectivity index (χ0n) is 4.54. The van der Waals surface area contributed by atoms with Gasteiger partial charge in [-0.1, -0.05) is 12.2 Å². The van der Waals surface area contributed by atoms with Crippen molar-refractivity contribution in [2.24, 2.45) is 5.73 Å². The van der Waals surface area contributed by atoms with Crippen LogP contribution in [0.3, 0.4) is 0 Å². The molecular weight excluding hydrogens is 102 g/mol. The molecule has 1 rings (SSSR count). The summed E-state index contributed by atoms with van der Waals surface area (Å²) in [4.78, 5) is 0. The summed E-state index contributed by atoms with van der Waals surface area (Å²) in [7, 11) is 0. The normalized spacial score (nSPS) is 27.6. The highest BCUT2D eigenvalue weighted by molar-refractivity contribution is 5.20. The van der Waals surface area contributed by atoms with Crippen LogP contribution >= 0.6 is 0 Å². The molecule has 3 N–H and O–H groups in total. The summed E-state index contributed by atoms with van der Waals surface area (Å²) >= 11 is 0. The lowest BCUT2D eigenvalue weighted by Gasteiger charge is -2.05. The molecule has 0 aromatic carbocycles. The third-order valence-corrected chi connectivity index (χ3v) is 1.11. The summed E-state index contributed by atoms with van der Waals surface area (Å²) in [5.41, 5.74) is 6.11. The minimum absolute atomic E-state index is 0.317. The lowest BCUT2D eigenvalue weighted by Crippen LogP contribution is -2.07. The van der Waals surface area contributed by atoms with Crippen molar-refractivity contribution in [2.45, 2.75) is 12.5 Å². The van der Waals surface area contributed by atoms with Gasteiger partial charge in [0.15, 0.2) is 0 Å². The molecule has 0 fully saturated rings. The van der Waals surface area contributed by atoms with Gasteiger partial charge in [0, 0.05) is 5.70 Å². The van der Waals surface area contributed by atoms with Gasteiger partial charge in [0.25, 0.3) is 0 Å². The fourth-order valence-corrected chi connectivity index (χ4v) is 0.626. The van der Waals surface area contributed by atoms with Crippen molar-refractivity contribution < 1.29 is 5.11 Å². The highest BCUT2D eigenvalue weighted by Crippen LogP contribution is 2.04. The largest absolute Gasteiger partial charge is 0.399 e. The molecule has 0 bridgehead atoms. The lowest BCUT2D eigenvalue weighted by molar-refractivity contribution is 0.225. The van der Waals surface area contributed by atoms with E-state index in [9.17, 15) is 0 Å². The molecule has 1 atom stereocenters. The molecule has 2 heteroatoms. The Bertz CT molecular complexity index is 137. The molecule has 1 aliphatic rings. The Labute approximate surface area is 48.3 Å². The fourth-order valence-electron chi connectivity index (χ4n) is 0.626. The fraction of sp³-hybridized carbons (Fsp3) is 0.333. The third kappa shape index (κ3) is 1.10. The first kappa shape index (κ1) is 5.38. The Morgan fingerprint density at radius 2 is 2.50 bits per heavy atom. The van der Waals surface area contributed by atoms with E-state index in [0.717, 1.165) is 5.70 Å². The maximum absolute atomic E-state index is 8.84. The zero-order chi connectivity index (χ0) is 5.98. The quantitative estimate of drug-likeness (QED) is 0.467. The van der Waals surface area contributed by atoms with Gasteiger partial charge in [-0.25, -0.2) is 0 Å². The second-order valence-corrected chi connectivity index (χ2v) is 1.87. The van der Waals surface area contributed by atoms with Gasteiger partial charge in [-0.05, 0) is 12.5 Å². The minimum Gasteiger partial charge on any atom is -0.399 e. The molecule has 0 heterocycles. The van der Waals surface area contributed by atoms with Gasteiger partial charge in [-0.15, -0.1) is 0 Å². The van der Waals surface area contributed by atoms with Gasteiger partial charge in [-0.3, -0.25) is 0 Å². The van der Waals surface area contributed by atoms with Gasteiger partial charge < -0.3 is 10.8 Å². The molecule has 1 aliphatic carbocycles. The average Bonchev–Trinajstić information content (AvgIpc) is 1.77. The van der Waals surface area contributed by atoms with Gasteiger partial charge in [-0.2, -0.15) is 0 Å². The lowest BCUT2D eigenvalue weighted by atomic mass is 10.1. The number of hydrogen-bond acceptors (Lipinski definition) is 2. The van der Waals surface area contributed by atoms with E-state index in [0.29, 0.717) is 6.42 Å². The van der Waals surface area contributed by atoms with Gasteiger partial charge in [0.2, 0.25) is 0 Å². The summed E-state index contributed by atoms with van der Waals surface area (Å²) in [5.74, 6) is 0. The van der Waals surface area contributed by atoms with Crippen LogP contribution in [0.15, 0.2) is 23.9 Å². The summed E-state index contributed by atoms with van der Waals surface area (Å²) in [6.07, 6.45) is 5.55. The molecule has 44 valence electrons. The molecule has 2 nitrogen and oxygen atoms in total. The Morgan fingerprint density at radius 3 is 2.88 bits per heavy atom. The van der Waals surface area contributed by atoms with Crippen LogP contribution in [-0.2, 0) is 0 Å². The molecule has 8 heavy (non-hydrogen) atoms. The second kappa shape index (κ2) is 2.01. The van der Waals surface area contributed by atoms with Crippen molar-refractivity contribution in [3.8, 4) is 0 Å². The van der Waals surface area contributed by atoms with Crippen LogP contribution in [-0.4, -0.2) is 11.2 Å². The van der Waals surface area contributed by atoms with E-state index < -0.39 is 0 Å². The van der Waals surface area contributed by atoms with Crippen LogP contribution < -0.4 is 5.73 Å². The second-order valence-electron chi connectivity index (χ2n) is 1.87. The van der Waals surface area contributed by atoms with Crippen molar-refractivity contribution in [2.75, 3.05) is 0 Å². The predicted molar refractivity (Wildman–Crippen MR) is 32.0 cm³/mol. The molecule has 0 spiro atoms. The number of rotatable bonds is 0. The van der Waals surface area contributed by atoms with Crippen molar-refractivity contribution in [1.29, 1.82) is 0 Å². The number of aliphatic hydroxyl groups excluding tert-OH is 1. The van der Waals surface area contributed by atoms with E-state index >= 15 is 0 Å². The summed E-state index contributed by atoms with van der Waals surface area (Å²) < 4.78 is 0. The predicted octanol–water partition coefficient (Wildman–Crippen LogP) is 0.150. The van der Waals surface area contributed by atoms with Gasteiger partial charge in [0.05, 0.1) is 6.10 Å². The molecular formula is C6H9NO. The Morgan fingerprint density at radius 1 is 1.75 bits per heavy atom. The number of allylic oxidation sites excluding steroid dienone is 1. The molecule has 0 saturated carbocycles. The van der Waals surface area contributed by atoms with Crippen LogP contribution in [0.2, 0.25) is 0 Å². The first-order valence-corrected chi connectivity index (χ1v) is 2.61. The summed E-state index contributed by atoms with van der Waals surface area (Å²) in [5, 5.41) is 8.84. The Hall–Kier alpha value is -0.760. The average molecular weight is 111 g/mol. The standard InChI is InChI=1S/C6H9NO/c7-5-1-3-6(8)4-2-5/h1-3,6,8H,4,7H2. The van der Waals surface area contributed by atoms with E-state index in [1.807, 2.05) is 6.08 Å². The van der Waals surface area contributed by atoms with Gasteiger partial charge in [0.1, 0.15) is 0 Å². The highest BCUT2D eigenvalue weighted by atomic mass is 16.3. The van der Waals surface area contributed by atoms with Crippen molar-refractivity contribution in [1.82, 2.24) is 0 Å². The molecule has 0 amide bonds. The maximum atomic E-state index is 8.84. The van der Waals surface area contributed by atoms with Crippen LogP contribution in [0.1, 0.15) is 6.42 Å². The van der Waals surface area contributed by atoms with E-state index in [1.165, 1.54) is 0 Å². The number of nitrogens with two attached hydrogens (primary N) is 1. The first-order valence-electron chi connectivity index (χ1n) is 2.61. The molecule has 0 saturated heterocycles. The monoisotopic (exact) mass is 111 g/mol. The zero-order valence-corrected chi connectivity index (χ0v) is 4.54. The van der Waals surface area contributed by atoms with Crippen LogP contribution in [0, 0.1) is 0 Å². The van der Waals surface area contributed by atoms with Crippen molar-refractivity contribution in [3.05, 3.63) is 23.9 Å². The number of aliphatic hydroxyl groups is 1. The van der Waals surface area contributed by atoms with Crippen LogP contribution in [0.25, 0.3) is 0 Å². The highest BCUT2D eigenvalue weighted by Gasteiger charge is 1.99. The van der Waals surface area contributed by atoms with E-state index in [-0.39, 0.29) is 6.10 Å². The molecule has 0 aliphatic heterocycles. The van der Waals surface area contributed by atoms with E-state index in [4.69, 9.17) is 10.8 Å². The minimum atomic E-state index is -0.317. The number of hydrogen-bond donors (Lipinski definition) is 2. The Balaban J connectivity index is 2.58. The van der Waals surface area contributed by atoms with Crippen LogP contribution in [0.5, 0.6) is 0 Å². The van der Waals surface area contributed by atoms with Crippen molar-refractivity contribution in [3.63, 3.8) is 0 Å². The van der Waals surface area contributed by atoms with Crippen LogP contribution in [0.4, 0.5) is 0 Å². The summed E-state index contributed by atoms with van der Waals surface area (Å²) in [6, 6.07) is 0. The SMILES string of the molecule is NC1=CCC(O)C=C1. The summed E-state index contributed by atoms with van der Waals surface area (Å²) in [6.45, 7) is 0. The van der Waals surface area contributed by atoms with E-state index in [1.54, 1.807) is 12.2 Å². The molecule has 0 aromatic rings. The van der Waals surface area contributed by atoms with Crippen molar-refractivity contribution >= 4 is 0 Å². The maximum Gasteiger partial charge on any atom is 0.0759 e. The first-order chi connectivity index (χ1) is 3.79. The molecule has 0 aromatic heterocycles. The Kier molecular flexibility index (Phi) is 1.35. The molecule has 1 unspecified atom stereocenters. The third-order valence-electron chi connectivity index (χ3n) is 1.11. The van der Waals surface area contributed by atoms with Gasteiger partial charge >= 0.3 is 0 Å². The smallest absolute Gasteiger partial charge is 0.0759 e.